The quantitative estimate of drug-likeness (QED) is 0.765. The Hall–Kier alpha value is -1.60. The first-order valence-corrected chi connectivity index (χ1v) is 5.37. The molecule has 0 saturated carbocycles. The Balaban J connectivity index is 2.54. The Labute approximate surface area is 96.3 Å². The zero-order chi connectivity index (χ0) is 12.0. The van der Waals surface area contributed by atoms with Gasteiger partial charge in [0.2, 0.25) is 5.88 Å². The van der Waals surface area contributed by atoms with Gasteiger partial charge >= 0.3 is 0 Å². The van der Waals surface area contributed by atoms with Crippen LogP contribution in [0.4, 0.5) is 0 Å². The zero-order valence-corrected chi connectivity index (χ0v) is 9.95. The van der Waals surface area contributed by atoms with E-state index in [9.17, 15) is 0 Å². The lowest BCUT2D eigenvalue weighted by atomic mass is 10.2. The fourth-order valence-electron chi connectivity index (χ4n) is 1.27. The number of nitriles is 1. The van der Waals surface area contributed by atoms with Crippen LogP contribution < -0.4 is 10.1 Å². The highest BCUT2D eigenvalue weighted by Gasteiger charge is 2.07. The summed E-state index contributed by atoms with van der Waals surface area (Å²) in [6, 6.07) is 4.34. The lowest BCUT2D eigenvalue weighted by Gasteiger charge is -2.10. The monoisotopic (exact) mass is 219 g/mol. The summed E-state index contributed by atoms with van der Waals surface area (Å²) in [7, 11) is 0. The smallest absolute Gasteiger partial charge is 0.231 e. The Kier molecular flexibility index (Phi) is 4.74. The minimum Gasteiger partial charge on any atom is -0.475 e. The maximum atomic E-state index is 8.96. The molecule has 0 bridgehead atoms. The first-order chi connectivity index (χ1) is 7.65. The van der Waals surface area contributed by atoms with Crippen LogP contribution in [-0.2, 0) is 0 Å². The highest BCUT2D eigenvalue weighted by molar-refractivity contribution is 5.43. The molecule has 4 heteroatoms. The first kappa shape index (κ1) is 12.5. The molecular weight excluding hydrogens is 202 g/mol. The molecule has 1 rings (SSSR count). The highest BCUT2D eigenvalue weighted by atomic mass is 16.5. The van der Waals surface area contributed by atoms with E-state index in [2.05, 4.69) is 30.2 Å². The summed E-state index contributed by atoms with van der Waals surface area (Å²) in [4.78, 5) is 4.05. The molecule has 0 spiro atoms. The SMILES string of the molecule is Cc1ccnc(OCCNC(C)C)c1C#N. The molecule has 0 atom stereocenters. The van der Waals surface area contributed by atoms with Crippen LogP contribution in [0.2, 0.25) is 0 Å². The van der Waals surface area contributed by atoms with Crippen LogP contribution in [0, 0.1) is 18.3 Å². The van der Waals surface area contributed by atoms with Gasteiger partial charge < -0.3 is 10.1 Å². The second-order valence-electron chi connectivity index (χ2n) is 3.88. The van der Waals surface area contributed by atoms with Gasteiger partial charge in [0.15, 0.2) is 0 Å². The van der Waals surface area contributed by atoms with Crippen molar-refractivity contribution in [3.8, 4) is 11.9 Å². The van der Waals surface area contributed by atoms with Crippen molar-refractivity contribution in [1.82, 2.24) is 10.3 Å². The van der Waals surface area contributed by atoms with E-state index in [0.717, 1.165) is 12.1 Å². The number of pyridine rings is 1. The molecule has 0 aliphatic rings. The average molecular weight is 219 g/mol. The predicted octanol–water partition coefficient (Wildman–Crippen LogP) is 1.64. The normalized spacial score (nSPS) is 10.2. The van der Waals surface area contributed by atoms with Crippen molar-refractivity contribution < 1.29 is 4.74 Å². The van der Waals surface area contributed by atoms with Crippen molar-refractivity contribution in [2.24, 2.45) is 0 Å². The number of aryl methyl sites for hydroxylation is 1. The summed E-state index contributed by atoms with van der Waals surface area (Å²) in [5, 5.41) is 12.2. The van der Waals surface area contributed by atoms with Gasteiger partial charge in [-0.25, -0.2) is 4.98 Å². The number of nitrogens with zero attached hydrogens (tertiary/aromatic N) is 2. The van der Waals surface area contributed by atoms with Crippen molar-refractivity contribution in [2.75, 3.05) is 13.2 Å². The molecule has 0 aliphatic heterocycles. The van der Waals surface area contributed by atoms with E-state index < -0.39 is 0 Å². The van der Waals surface area contributed by atoms with Crippen LogP contribution in [0.3, 0.4) is 0 Å². The molecule has 0 fully saturated rings. The largest absolute Gasteiger partial charge is 0.475 e. The van der Waals surface area contributed by atoms with Crippen LogP contribution >= 0.6 is 0 Å². The Bertz CT molecular complexity index is 382. The van der Waals surface area contributed by atoms with Crippen LogP contribution in [0.25, 0.3) is 0 Å². The number of ether oxygens (including phenoxy) is 1. The van der Waals surface area contributed by atoms with E-state index in [1.807, 2.05) is 6.92 Å². The van der Waals surface area contributed by atoms with Crippen LogP contribution in [0.1, 0.15) is 25.0 Å². The van der Waals surface area contributed by atoms with E-state index in [-0.39, 0.29) is 0 Å². The summed E-state index contributed by atoms with van der Waals surface area (Å²) in [5.41, 5.74) is 1.41. The van der Waals surface area contributed by atoms with E-state index >= 15 is 0 Å². The fraction of sp³-hybridized carbons (Fsp3) is 0.500. The molecule has 4 nitrogen and oxygen atoms in total. The molecule has 0 unspecified atom stereocenters. The molecule has 1 aromatic rings. The number of rotatable bonds is 5. The summed E-state index contributed by atoms with van der Waals surface area (Å²) < 4.78 is 5.46. The Morgan fingerprint density at radius 1 is 1.56 bits per heavy atom. The molecule has 86 valence electrons. The third kappa shape index (κ3) is 3.52. The number of hydrogen-bond donors (Lipinski definition) is 1. The molecule has 16 heavy (non-hydrogen) atoms. The van der Waals surface area contributed by atoms with Gasteiger partial charge in [-0.05, 0) is 18.6 Å². The van der Waals surface area contributed by atoms with E-state index in [1.165, 1.54) is 0 Å². The Morgan fingerprint density at radius 2 is 2.31 bits per heavy atom. The lowest BCUT2D eigenvalue weighted by Crippen LogP contribution is -2.27. The van der Waals surface area contributed by atoms with Crippen molar-refractivity contribution >= 4 is 0 Å². The molecule has 0 amide bonds. The van der Waals surface area contributed by atoms with Crippen LogP contribution in [0.15, 0.2) is 12.3 Å². The minimum absolute atomic E-state index is 0.424. The van der Waals surface area contributed by atoms with Crippen LogP contribution in [-0.4, -0.2) is 24.2 Å². The fourth-order valence-corrected chi connectivity index (χ4v) is 1.27. The van der Waals surface area contributed by atoms with Gasteiger partial charge in [-0.1, -0.05) is 13.8 Å². The molecule has 0 radical (unpaired) electrons. The van der Waals surface area contributed by atoms with Crippen molar-refractivity contribution in [3.05, 3.63) is 23.4 Å². The first-order valence-electron chi connectivity index (χ1n) is 5.37. The minimum atomic E-state index is 0.424. The van der Waals surface area contributed by atoms with Gasteiger partial charge in [-0.2, -0.15) is 5.26 Å². The van der Waals surface area contributed by atoms with Gasteiger partial charge in [-0.3, -0.25) is 0 Å². The highest BCUT2D eigenvalue weighted by Crippen LogP contribution is 2.17. The topological polar surface area (TPSA) is 57.9 Å². The lowest BCUT2D eigenvalue weighted by molar-refractivity contribution is 0.297. The molecular formula is C12H17N3O. The predicted molar refractivity (Wildman–Crippen MR) is 62.3 cm³/mol. The molecule has 0 aliphatic carbocycles. The number of aromatic nitrogens is 1. The summed E-state index contributed by atoms with van der Waals surface area (Å²) in [5.74, 6) is 0.424. The van der Waals surface area contributed by atoms with Crippen molar-refractivity contribution in [2.45, 2.75) is 26.8 Å². The van der Waals surface area contributed by atoms with E-state index in [1.54, 1.807) is 12.3 Å². The van der Waals surface area contributed by atoms with Crippen molar-refractivity contribution in [3.63, 3.8) is 0 Å². The van der Waals surface area contributed by atoms with Gasteiger partial charge in [0.05, 0.1) is 0 Å². The second-order valence-corrected chi connectivity index (χ2v) is 3.88. The van der Waals surface area contributed by atoms with Gasteiger partial charge in [-0.15, -0.1) is 0 Å². The maximum Gasteiger partial charge on any atom is 0.231 e. The molecule has 0 aromatic carbocycles. The molecule has 1 aromatic heterocycles. The summed E-state index contributed by atoms with van der Waals surface area (Å²) in [6.45, 7) is 7.29. The van der Waals surface area contributed by atoms with E-state index in [0.29, 0.717) is 24.1 Å². The second kappa shape index (κ2) is 6.09. The standard InChI is InChI=1S/C12H17N3O/c1-9(2)14-6-7-16-12-11(8-13)10(3)4-5-15-12/h4-5,9,14H,6-7H2,1-3H3. The summed E-state index contributed by atoms with van der Waals surface area (Å²) >= 11 is 0. The molecule has 1 heterocycles. The van der Waals surface area contributed by atoms with Gasteiger partial charge in [0.25, 0.3) is 0 Å². The average Bonchev–Trinajstić information content (AvgIpc) is 2.24. The Morgan fingerprint density at radius 3 is 2.94 bits per heavy atom. The van der Waals surface area contributed by atoms with Crippen molar-refractivity contribution in [1.29, 1.82) is 5.26 Å². The number of nitrogens with one attached hydrogen (secondary N) is 1. The molecule has 0 saturated heterocycles. The number of hydrogen-bond acceptors (Lipinski definition) is 4. The van der Waals surface area contributed by atoms with E-state index in [4.69, 9.17) is 10.00 Å². The third-order valence-corrected chi connectivity index (χ3v) is 2.13. The van der Waals surface area contributed by atoms with Gasteiger partial charge in [0.1, 0.15) is 18.2 Å². The third-order valence-electron chi connectivity index (χ3n) is 2.13. The molecule has 1 N–H and O–H groups in total. The summed E-state index contributed by atoms with van der Waals surface area (Å²) in [6.07, 6.45) is 1.65. The van der Waals surface area contributed by atoms with Gasteiger partial charge in [0, 0.05) is 18.8 Å². The maximum absolute atomic E-state index is 8.96. The zero-order valence-electron chi connectivity index (χ0n) is 9.95. The van der Waals surface area contributed by atoms with Crippen LogP contribution in [0.5, 0.6) is 5.88 Å².